The number of aromatic amines is 1. The van der Waals surface area contributed by atoms with Crippen molar-refractivity contribution in [3.8, 4) is 11.3 Å². The van der Waals surface area contributed by atoms with E-state index in [1.54, 1.807) is 0 Å². The van der Waals surface area contributed by atoms with E-state index in [1.165, 1.54) is 24.0 Å². The van der Waals surface area contributed by atoms with Crippen molar-refractivity contribution < 1.29 is 0 Å². The Hall–Kier alpha value is -1.61. The number of hydrogen-bond donors (Lipinski definition) is 2. The number of nitrogens with one attached hydrogen (secondary N) is 1. The minimum Gasteiger partial charge on any atom is -0.340 e. The van der Waals surface area contributed by atoms with Gasteiger partial charge in [0.15, 0.2) is 0 Å². The molecule has 1 unspecified atom stereocenters. The van der Waals surface area contributed by atoms with Crippen LogP contribution in [-0.4, -0.2) is 9.97 Å². The smallest absolute Gasteiger partial charge is 0.126 e. The van der Waals surface area contributed by atoms with Crippen LogP contribution < -0.4 is 5.73 Å². The molecule has 1 fully saturated rings. The molecule has 1 saturated carbocycles. The van der Waals surface area contributed by atoms with Gasteiger partial charge in [0.2, 0.25) is 0 Å². The Morgan fingerprint density at radius 2 is 1.90 bits per heavy atom. The lowest BCUT2D eigenvalue weighted by molar-refractivity contribution is 0.404. The molecule has 0 spiro atoms. The molecule has 106 valence electrons. The highest BCUT2D eigenvalue weighted by Crippen LogP contribution is 2.43. The standard InChI is InChI=1S/C17H23N3/c1-11(2)12-4-6-13(7-5-12)15-10-19-16(20-15)17(3,18)14-8-9-14/h4-7,10-11,14H,8-9,18H2,1-3H3,(H,19,20). The van der Waals surface area contributed by atoms with E-state index in [0.717, 1.165) is 11.5 Å². The highest BCUT2D eigenvalue weighted by atomic mass is 15.0. The number of H-pyrrole nitrogens is 1. The van der Waals surface area contributed by atoms with Gasteiger partial charge in [0.25, 0.3) is 0 Å². The summed E-state index contributed by atoms with van der Waals surface area (Å²) >= 11 is 0. The Balaban J connectivity index is 1.86. The van der Waals surface area contributed by atoms with Gasteiger partial charge in [-0.05, 0) is 42.7 Å². The molecule has 1 aliphatic carbocycles. The maximum absolute atomic E-state index is 6.40. The molecule has 3 N–H and O–H groups in total. The van der Waals surface area contributed by atoms with Crippen LogP contribution in [0.15, 0.2) is 30.5 Å². The molecule has 1 atom stereocenters. The number of imidazole rings is 1. The molecule has 0 saturated heterocycles. The van der Waals surface area contributed by atoms with E-state index < -0.39 is 0 Å². The minimum atomic E-state index is -0.323. The summed E-state index contributed by atoms with van der Waals surface area (Å²) in [4.78, 5) is 7.91. The Kier molecular flexibility index (Phi) is 3.17. The molecular formula is C17H23N3. The molecular weight excluding hydrogens is 246 g/mol. The second-order valence-electron chi connectivity index (χ2n) is 6.48. The summed E-state index contributed by atoms with van der Waals surface area (Å²) in [7, 11) is 0. The number of hydrogen-bond acceptors (Lipinski definition) is 2. The Bertz CT molecular complexity index is 589. The molecule has 0 bridgehead atoms. The third-order valence-electron chi connectivity index (χ3n) is 4.40. The first-order valence-electron chi connectivity index (χ1n) is 7.43. The van der Waals surface area contributed by atoms with Crippen LogP contribution >= 0.6 is 0 Å². The van der Waals surface area contributed by atoms with Crippen LogP contribution in [0.4, 0.5) is 0 Å². The monoisotopic (exact) mass is 269 g/mol. The van der Waals surface area contributed by atoms with Gasteiger partial charge in [0.05, 0.1) is 17.4 Å². The van der Waals surface area contributed by atoms with E-state index in [-0.39, 0.29) is 5.54 Å². The summed E-state index contributed by atoms with van der Waals surface area (Å²) in [6.07, 6.45) is 4.32. The minimum absolute atomic E-state index is 0.323. The quantitative estimate of drug-likeness (QED) is 0.887. The zero-order valence-electron chi connectivity index (χ0n) is 12.5. The fourth-order valence-corrected chi connectivity index (χ4v) is 2.67. The normalized spacial score (nSPS) is 18.2. The Morgan fingerprint density at radius 1 is 1.25 bits per heavy atom. The van der Waals surface area contributed by atoms with Crippen molar-refractivity contribution in [3.63, 3.8) is 0 Å². The van der Waals surface area contributed by atoms with Gasteiger partial charge in [-0.15, -0.1) is 0 Å². The average molecular weight is 269 g/mol. The Morgan fingerprint density at radius 3 is 2.45 bits per heavy atom. The van der Waals surface area contributed by atoms with Gasteiger partial charge in [0, 0.05) is 0 Å². The number of rotatable bonds is 4. The Labute approximate surface area is 120 Å². The lowest BCUT2D eigenvalue weighted by atomic mass is 9.96. The van der Waals surface area contributed by atoms with Crippen molar-refractivity contribution in [2.24, 2.45) is 11.7 Å². The van der Waals surface area contributed by atoms with Crippen molar-refractivity contribution in [2.45, 2.75) is 45.1 Å². The van der Waals surface area contributed by atoms with Gasteiger partial charge >= 0.3 is 0 Å². The summed E-state index contributed by atoms with van der Waals surface area (Å²) in [6, 6.07) is 8.67. The van der Waals surface area contributed by atoms with Gasteiger partial charge < -0.3 is 10.7 Å². The molecule has 0 radical (unpaired) electrons. The first-order chi connectivity index (χ1) is 9.48. The molecule has 1 aromatic heterocycles. The lowest BCUT2D eigenvalue weighted by Gasteiger charge is -2.21. The van der Waals surface area contributed by atoms with Crippen molar-refractivity contribution >= 4 is 0 Å². The summed E-state index contributed by atoms with van der Waals surface area (Å²) < 4.78 is 0. The van der Waals surface area contributed by atoms with Gasteiger partial charge in [-0.2, -0.15) is 0 Å². The van der Waals surface area contributed by atoms with Crippen molar-refractivity contribution in [1.82, 2.24) is 9.97 Å². The lowest BCUT2D eigenvalue weighted by Crippen LogP contribution is -2.36. The van der Waals surface area contributed by atoms with E-state index in [0.29, 0.717) is 11.8 Å². The van der Waals surface area contributed by atoms with E-state index in [2.05, 4.69) is 55.0 Å². The topological polar surface area (TPSA) is 54.7 Å². The van der Waals surface area contributed by atoms with Crippen LogP contribution in [-0.2, 0) is 5.54 Å². The van der Waals surface area contributed by atoms with Crippen LogP contribution in [0.25, 0.3) is 11.3 Å². The number of aromatic nitrogens is 2. The SMILES string of the molecule is CC(C)c1ccc(-c2cnc(C(C)(N)C3CC3)[nH]2)cc1. The second kappa shape index (κ2) is 4.74. The van der Waals surface area contributed by atoms with Crippen LogP contribution in [0.5, 0.6) is 0 Å². The van der Waals surface area contributed by atoms with Gasteiger partial charge in [-0.1, -0.05) is 38.1 Å². The van der Waals surface area contributed by atoms with E-state index >= 15 is 0 Å². The van der Waals surface area contributed by atoms with Gasteiger partial charge in [-0.3, -0.25) is 0 Å². The molecule has 3 heteroatoms. The van der Waals surface area contributed by atoms with Crippen LogP contribution in [0.3, 0.4) is 0 Å². The maximum Gasteiger partial charge on any atom is 0.126 e. The molecule has 0 amide bonds. The van der Waals surface area contributed by atoms with Crippen LogP contribution in [0, 0.1) is 5.92 Å². The second-order valence-corrected chi connectivity index (χ2v) is 6.48. The molecule has 3 rings (SSSR count). The zero-order chi connectivity index (χ0) is 14.3. The third-order valence-corrected chi connectivity index (χ3v) is 4.40. The summed E-state index contributed by atoms with van der Waals surface area (Å²) in [5.74, 6) is 2.04. The van der Waals surface area contributed by atoms with Gasteiger partial charge in [0.1, 0.15) is 5.82 Å². The number of benzene rings is 1. The predicted octanol–water partition coefficient (Wildman–Crippen LogP) is 3.78. The molecule has 2 aromatic rings. The molecule has 1 aliphatic rings. The number of nitrogens with zero attached hydrogens (tertiary/aromatic N) is 1. The molecule has 1 aromatic carbocycles. The first kappa shape index (κ1) is 13.4. The molecule has 3 nitrogen and oxygen atoms in total. The fraction of sp³-hybridized carbons (Fsp3) is 0.471. The van der Waals surface area contributed by atoms with Crippen molar-refractivity contribution in [1.29, 1.82) is 0 Å². The van der Waals surface area contributed by atoms with Crippen LogP contribution in [0.1, 0.15) is 50.9 Å². The highest BCUT2D eigenvalue weighted by Gasteiger charge is 2.41. The number of nitrogens with two attached hydrogens (primary N) is 1. The summed E-state index contributed by atoms with van der Waals surface area (Å²) in [5.41, 5.74) is 9.65. The van der Waals surface area contributed by atoms with Crippen LogP contribution in [0.2, 0.25) is 0 Å². The average Bonchev–Trinajstić information content (AvgIpc) is 3.17. The molecule has 20 heavy (non-hydrogen) atoms. The van der Waals surface area contributed by atoms with Crippen molar-refractivity contribution in [3.05, 3.63) is 41.9 Å². The van der Waals surface area contributed by atoms with Crippen molar-refractivity contribution in [2.75, 3.05) is 0 Å². The zero-order valence-corrected chi connectivity index (χ0v) is 12.5. The fourth-order valence-electron chi connectivity index (χ4n) is 2.67. The van der Waals surface area contributed by atoms with E-state index in [9.17, 15) is 0 Å². The largest absolute Gasteiger partial charge is 0.340 e. The third kappa shape index (κ3) is 2.38. The van der Waals surface area contributed by atoms with E-state index in [1.807, 2.05) is 6.20 Å². The highest BCUT2D eigenvalue weighted by molar-refractivity contribution is 5.59. The molecule has 0 aliphatic heterocycles. The van der Waals surface area contributed by atoms with E-state index in [4.69, 9.17) is 5.73 Å². The maximum atomic E-state index is 6.40. The molecule has 1 heterocycles. The summed E-state index contributed by atoms with van der Waals surface area (Å²) in [5, 5.41) is 0. The first-order valence-corrected chi connectivity index (χ1v) is 7.43. The summed E-state index contributed by atoms with van der Waals surface area (Å²) in [6.45, 7) is 6.49. The predicted molar refractivity (Wildman–Crippen MR) is 82.4 cm³/mol. The van der Waals surface area contributed by atoms with Gasteiger partial charge in [-0.25, -0.2) is 4.98 Å².